The van der Waals surface area contributed by atoms with Gasteiger partial charge in [-0.1, -0.05) is 6.92 Å². The van der Waals surface area contributed by atoms with Crippen molar-refractivity contribution in [2.45, 2.75) is 13.3 Å². The summed E-state index contributed by atoms with van der Waals surface area (Å²) in [6, 6.07) is 3.94. The molecule has 1 fully saturated rings. The van der Waals surface area contributed by atoms with E-state index in [1.165, 1.54) is 0 Å². The van der Waals surface area contributed by atoms with E-state index in [4.69, 9.17) is 4.74 Å². The van der Waals surface area contributed by atoms with E-state index in [1.54, 1.807) is 19.8 Å². The molecule has 3 heterocycles. The van der Waals surface area contributed by atoms with E-state index in [0.717, 1.165) is 49.9 Å². The van der Waals surface area contributed by atoms with E-state index in [9.17, 15) is 0 Å². The molecule has 0 N–H and O–H groups in total. The topological polar surface area (TPSA) is 67.3 Å². The van der Waals surface area contributed by atoms with Crippen molar-refractivity contribution in [3.63, 3.8) is 0 Å². The second-order valence-corrected chi connectivity index (χ2v) is 5.11. The van der Waals surface area contributed by atoms with E-state index in [-0.39, 0.29) is 0 Å². The van der Waals surface area contributed by atoms with Crippen molar-refractivity contribution in [3.05, 3.63) is 30.5 Å². The number of hydrogen-bond acceptors (Lipinski definition) is 7. The first-order chi connectivity index (χ1) is 10.8. The predicted molar refractivity (Wildman–Crippen MR) is 84.4 cm³/mol. The molecule has 0 bridgehead atoms. The molecule has 0 radical (unpaired) electrons. The number of ether oxygens (including phenoxy) is 1. The molecule has 0 spiro atoms. The highest BCUT2D eigenvalue weighted by molar-refractivity contribution is 5.46. The molecular formula is C15H20N6O. The first-order valence-corrected chi connectivity index (χ1v) is 7.47. The monoisotopic (exact) mass is 300 g/mol. The lowest BCUT2D eigenvalue weighted by molar-refractivity contribution is 0.396. The van der Waals surface area contributed by atoms with Crippen LogP contribution in [-0.4, -0.2) is 53.2 Å². The first-order valence-electron chi connectivity index (χ1n) is 7.47. The minimum Gasteiger partial charge on any atom is -0.481 e. The smallest absolute Gasteiger partial charge is 0.218 e. The Balaban J connectivity index is 1.66. The number of anilines is 2. The maximum atomic E-state index is 5.16. The maximum absolute atomic E-state index is 5.16. The van der Waals surface area contributed by atoms with Gasteiger partial charge in [-0.25, -0.2) is 19.9 Å². The van der Waals surface area contributed by atoms with Gasteiger partial charge in [0.25, 0.3) is 0 Å². The predicted octanol–water partition coefficient (Wildman–Crippen LogP) is 1.16. The molecule has 1 aliphatic heterocycles. The molecule has 0 unspecified atom stereocenters. The van der Waals surface area contributed by atoms with Gasteiger partial charge in [0.05, 0.1) is 7.11 Å². The summed E-state index contributed by atoms with van der Waals surface area (Å²) >= 11 is 0. The summed E-state index contributed by atoms with van der Waals surface area (Å²) in [5.74, 6) is 2.51. The zero-order valence-corrected chi connectivity index (χ0v) is 12.9. The Morgan fingerprint density at radius 2 is 1.50 bits per heavy atom. The second kappa shape index (κ2) is 6.55. The van der Waals surface area contributed by atoms with Crippen LogP contribution in [0.15, 0.2) is 24.8 Å². The Morgan fingerprint density at radius 3 is 2.09 bits per heavy atom. The van der Waals surface area contributed by atoms with Gasteiger partial charge in [0.1, 0.15) is 24.3 Å². The molecule has 1 aliphatic rings. The molecule has 1 saturated heterocycles. The van der Waals surface area contributed by atoms with Crippen LogP contribution in [0.3, 0.4) is 0 Å². The van der Waals surface area contributed by atoms with Crippen LogP contribution in [0.2, 0.25) is 0 Å². The van der Waals surface area contributed by atoms with Crippen molar-refractivity contribution in [3.8, 4) is 5.88 Å². The molecule has 116 valence electrons. The lowest BCUT2D eigenvalue weighted by atomic mass is 10.2. The fourth-order valence-corrected chi connectivity index (χ4v) is 2.53. The summed E-state index contributed by atoms with van der Waals surface area (Å²) < 4.78 is 5.16. The van der Waals surface area contributed by atoms with Gasteiger partial charge < -0.3 is 14.5 Å². The third kappa shape index (κ3) is 3.08. The Hall–Kier alpha value is -2.44. The highest BCUT2D eigenvalue weighted by atomic mass is 16.5. The molecule has 0 amide bonds. The van der Waals surface area contributed by atoms with E-state index in [0.29, 0.717) is 5.88 Å². The molecule has 7 nitrogen and oxygen atoms in total. The van der Waals surface area contributed by atoms with Crippen molar-refractivity contribution in [1.29, 1.82) is 0 Å². The Kier molecular flexibility index (Phi) is 4.32. The number of hydrogen-bond donors (Lipinski definition) is 0. The summed E-state index contributed by atoms with van der Waals surface area (Å²) in [5.41, 5.74) is 1.08. The molecule has 0 saturated carbocycles. The molecule has 0 aromatic carbocycles. The Labute approximate surface area is 130 Å². The van der Waals surface area contributed by atoms with E-state index in [2.05, 4.69) is 42.7 Å². The van der Waals surface area contributed by atoms with Crippen LogP contribution < -0.4 is 14.5 Å². The summed E-state index contributed by atoms with van der Waals surface area (Å²) in [4.78, 5) is 21.5. The molecule has 7 heteroatoms. The fourth-order valence-electron chi connectivity index (χ4n) is 2.53. The van der Waals surface area contributed by atoms with Gasteiger partial charge in [-0.15, -0.1) is 0 Å². The van der Waals surface area contributed by atoms with Crippen LogP contribution in [-0.2, 0) is 6.42 Å². The lowest BCUT2D eigenvalue weighted by Crippen LogP contribution is -2.47. The van der Waals surface area contributed by atoms with E-state index >= 15 is 0 Å². The zero-order chi connectivity index (χ0) is 15.4. The van der Waals surface area contributed by atoms with Gasteiger partial charge >= 0.3 is 0 Å². The number of aromatic nitrogens is 4. The third-order valence-corrected chi connectivity index (χ3v) is 3.84. The van der Waals surface area contributed by atoms with Crippen molar-refractivity contribution in [2.24, 2.45) is 0 Å². The summed E-state index contributed by atoms with van der Waals surface area (Å²) in [7, 11) is 1.62. The molecule has 22 heavy (non-hydrogen) atoms. The highest BCUT2D eigenvalue weighted by Gasteiger charge is 2.19. The first kappa shape index (κ1) is 14.5. The van der Waals surface area contributed by atoms with Gasteiger partial charge in [-0.3, -0.25) is 0 Å². The second-order valence-electron chi connectivity index (χ2n) is 5.11. The van der Waals surface area contributed by atoms with Crippen LogP contribution in [0.4, 0.5) is 11.6 Å². The summed E-state index contributed by atoms with van der Waals surface area (Å²) in [5, 5.41) is 0. The molecule has 3 rings (SSSR count). The minimum absolute atomic E-state index is 0.593. The third-order valence-electron chi connectivity index (χ3n) is 3.84. The average molecular weight is 300 g/mol. The standard InChI is InChI=1S/C15H20N6O/c1-3-12-8-13(17-10-16-12)20-4-6-21(7-5-20)14-9-15(22-2)19-11-18-14/h8-11H,3-7H2,1-2H3. The highest BCUT2D eigenvalue weighted by Crippen LogP contribution is 2.19. The maximum Gasteiger partial charge on any atom is 0.218 e. The number of nitrogens with zero attached hydrogens (tertiary/aromatic N) is 6. The Bertz CT molecular complexity index is 571. The SMILES string of the molecule is CCc1cc(N2CCN(c3cc(OC)ncn3)CC2)ncn1. The van der Waals surface area contributed by atoms with Gasteiger partial charge in [0, 0.05) is 44.0 Å². The quantitative estimate of drug-likeness (QED) is 0.839. The number of aryl methyl sites for hydroxylation is 1. The van der Waals surface area contributed by atoms with Crippen molar-refractivity contribution in [2.75, 3.05) is 43.1 Å². The molecule has 2 aromatic rings. The molecular weight excluding hydrogens is 280 g/mol. The van der Waals surface area contributed by atoms with Gasteiger partial charge in [-0.05, 0) is 6.42 Å². The largest absolute Gasteiger partial charge is 0.481 e. The van der Waals surface area contributed by atoms with Crippen molar-refractivity contribution in [1.82, 2.24) is 19.9 Å². The molecule has 0 atom stereocenters. The normalized spacial score (nSPS) is 15.0. The van der Waals surface area contributed by atoms with Gasteiger partial charge in [0.2, 0.25) is 5.88 Å². The van der Waals surface area contributed by atoms with Crippen LogP contribution in [0, 0.1) is 0 Å². The minimum atomic E-state index is 0.593. The van der Waals surface area contributed by atoms with E-state index in [1.807, 2.05) is 6.07 Å². The van der Waals surface area contributed by atoms with Crippen LogP contribution >= 0.6 is 0 Å². The van der Waals surface area contributed by atoms with Crippen molar-refractivity contribution >= 4 is 11.6 Å². The van der Waals surface area contributed by atoms with Gasteiger partial charge in [-0.2, -0.15) is 0 Å². The van der Waals surface area contributed by atoms with Crippen LogP contribution in [0.25, 0.3) is 0 Å². The fraction of sp³-hybridized carbons (Fsp3) is 0.467. The van der Waals surface area contributed by atoms with Crippen LogP contribution in [0.5, 0.6) is 5.88 Å². The van der Waals surface area contributed by atoms with Gasteiger partial charge in [0.15, 0.2) is 0 Å². The van der Waals surface area contributed by atoms with Crippen molar-refractivity contribution < 1.29 is 4.74 Å². The molecule has 0 aliphatic carbocycles. The summed E-state index contributed by atoms with van der Waals surface area (Å²) in [6.07, 6.45) is 4.12. The van der Waals surface area contributed by atoms with E-state index < -0.39 is 0 Å². The zero-order valence-electron chi connectivity index (χ0n) is 12.9. The Morgan fingerprint density at radius 1 is 0.909 bits per heavy atom. The van der Waals surface area contributed by atoms with Crippen LogP contribution in [0.1, 0.15) is 12.6 Å². The number of methoxy groups -OCH3 is 1. The average Bonchev–Trinajstić information content (AvgIpc) is 2.62. The number of piperazine rings is 1. The molecule has 2 aromatic heterocycles. The number of rotatable bonds is 4. The lowest BCUT2D eigenvalue weighted by Gasteiger charge is -2.36. The summed E-state index contributed by atoms with van der Waals surface area (Å²) in [6.45, 7) is 5.71.